The topological polar surface area (TPSA) is 18.5 Å². The van der Waals surface area contributed by atoms with Gasteiger partial charge in [-0.3, -0.25) is 4.90 Å². The molecule has 1 fully saturated rings. The van der Waals surface area contributed by atoms with Gasteiger partial charge in [0.1, 0.15) is 0 Å². The van der Waals surface area contributed by atoms with Crippen LogP contribution in [-0.2, 0) is 5.54 Å². The van der Waals surface area contributed by atoms with Crippen molar-refractivity contribution in [3.63, 3.8) is 0 Å². The number of hydrogen-bond acceptors (Lipinski definition) is 3. The average Bonchev–Trinajstić information content (AvgIpc) is 2.39. The standard InChI is InChI=1S/C16H27N3/c1-16(15-8-5-4-6-9-15)14-19(13-10-17-16)12-7-11-18(2)3/h4-6,8-9,17H,7,10-14H2,1-3H3. The van der Waals surface area contributed by atoms with E-state index < -0.39 is 0 Å². The van der Waals surface area contributed by atoms with E-state index in [1.807, 2.05) is 0 Å². The Morgan fingerprint density at radius 1 is 1.26 bits per heavy atom. The molecule has 1 heterocycles. The highest BCUT2D eigenvalue weighted by molar-refractivity contribution is 5.24. The van der Waals surface area contributed by atoms with Crippen molar-refractivity contribution >= 4 is 0 Å². The molecule has 0 radical (unpaired) electrons. The molecule has 0 spiro atoms. The Bertz CT molecular complexity index is 377. The third-order valence-corrected chi connectivity index (χ3v) is 3.97. The molecule has 1 aliphatic heterocycles. The van der Waals surface area contributed by atoms with E-state index in [0.29, 0.717) is 0 Å². The van der Waals surface area contributed by atoms with Crippen molar-refractivity contribution in [2.75, 3.05) is 46.8 Å². The number of hydrogen-bond donors (Lipinski definition) is 1. The molecule has 0 aromatic heterocycles. The molecule has 1 atom stereocenters. The smallest absolute Gasteiger partial charge is 0.0535 e. The SMILES string of the molecule is CN(C)CCCN1CCNC(C)(c2ccccc2)C1. The van der Waals surface area contributed by atoms with Gasteiger partial charge in [-0.25, -0.2) is 0 Å². The lowest BCUT2D eigenvalue weighted by Gasteiger charge is -2.42. The van der Waals surface area contributed by atoms with Crippen LogP contribution < -0.4 is 5.32 Å². The number of benzene rings is 1. The summed E-state index contributed by atoms with van der Waals surface area (Å²) in [4.78, 5) is 4.85. The molecule has 0 saturated carbocycles. The van der Waals surface area contributed by atoms with Gasteiger partial charge in [0.2, 0.25) is 0 Å². The summed E-state index contributed by atoms with van der Waals surface area (Å²) in [6, 6.07) is 10.8. The predicted molar refractivity (Wildman–Crippen MR) is 81.4 cm³/mol. The summed E-state index contributed by atoms with van der Waals surface area (Å²) in [6.07, 6.45) is 1.25. The summed E-state index contributed by atoms with van der Waals surface area (Å²) in [5.74, 6) is 0. The minimum Gasteiger partial charge on any atom is -0.309 e. The normalized spacial score (nSPS) is 24.8. The highest BCUT2D eigenvalue weighted by Crippen LogP contribution is 2.24. The van der Waals surface area contributed by atoms with E-state index >= 15 is 0 Å². The van der Waals surface area contributed by atoms with Gasteiger partial charge in [-0.1, -0.05) is 30.3 Å². The van der Waals surface area contributed by atoms with Gasteiger partial charge in [-0.2, -0.15) is 0 Å². The van der Waals surface area contributed by atoms with Crippen LogP contribution in [0.5, 0.6) is 0 Å². The summed E-state index contributed by atoms with van der Waals surface area (Å²) >= 11 is 0. The van der Waals surface area contributed by atoms with Crippen LogP contribution >= 0.6 is 0 Å². The van der Waals surface area contributed by atoms with Gasteiger partial charge in [0.15, 0.2) is 0 Å². The number of nitrogens with one attached hydrogen (secondary N) is 1. The summed E-state index contributed by atoms with van der Waals surface area (Å²) < 4.78 is 0. The van der Waals surface area contributed by atoms with Crippen LogP contribution in [-0.4, -0.2) is 56.6 Å². The second kappa shape index (κ2) is 6.51. The molecule has 2 rings (SSSR count). The predicted octanol–water partition coefficient (Wildman–Crippen LogP) is 1.76. The molecule has 1 unspecified atom stereocenters. The van der Waals surface area contributed by atoms with Gasteiger partial charge in [-0.15, -0.1) is 0 Å². The lowest BCUT2D eigenvalue weighted by molar-refractivity contribution is 0.138. The maximum Gasteiger partial charge on any atom is 0.0535 e. The van der Waals surface area contributed by atoms with Crippen molar-refractivity contribution in [3.05, 3.63) is 35.9 Å². The first kappa shape index (κ1) is 14.5. The van der Waals surface area contributed by atoms with Crippen LogP contribution in [0.2, 0.25) is 0 Å². The van der Waals surface area contributed by atoms with E-state index in [9.17, 15) is 0 Å². The Kier molecular flexibility index (Phi) is 4.97. The van der Waals surface area contributed by atoms with E-state index in [1.54, 1.807) is 0 Å². The second-order valence-corrected chi connectivity index (χ2v) is 6.06. The lowest BCUT2D eigenvalue weighted by Crippen LogP contribution is -2.56. The van der Waals surface area contributed by atoms with Crippen LogP contribution in [0.4, 0.5) is 0 Å². The first-order chi connectivity index (χ1) is 9.10. The number of nitrogens with zero attached hydrogens (tertiary/aromatic N) is 2. The largest absolute Gasteiger partial charge is 0.309 e. The Morgan fingerprint density at radius 3 is 2.68 bits per heavy atom. The molecule has 1 aromatic carbocycles. The third kappa shape index (κ3) is 4.03. The first-order valence-corrected chi connectivity index (χ1v) is 7.28. The van der Waals surface area contributed by atoms with E-state index in [2.05, 4.69) is 66.5 Å². The van der Waals surface area contributed by atoms with Crippen LogP contribution in [0.3, 0.4) is 0 Å². The Morgan fingerprint density at radius 2 is 2.00 bits per heavy atom. The van der Waals surface area contributed by atoms with Crippen molar-refractivity contribution in [2.45, 2.75) is 18.9 Å². The molecule has 0 aliphatic carbocycles. The molecule has 3 heteroatoms. The minimum absolute atomic E-state index is 0.0949. The minimum atomic E-state index is 0.0949. The Hall–Kier alpha value is -0.900. The van der Waals surface area contributed by atoms with Gasteiger partial charge in [0.25, 0.3) is 0 Å². The van der Waals surface area contributed by atoms with Crippen LogP contribution in [0.25, 0.3) is 0 Å². The van der Waals surface area contributed by atoms with Crippen molar-refractivity contribution in [1.29, 1.82) is 0 Å². The quantitative estimate of drug-likeness (QED) is 0.871. The summed E-state index contributed by atoms with van der Waals surface area (Å²) in [5, 5.41) is 3.69. The maximum absolute atomic E-state index is 3.69. The Balaban J connectivity index is 1.93. The molecule has 1 N–H and O–H groups in total. The van der Waals surface area contributed by atoms with Crippen molar-refractivity contribution < 1.29 is 0 Å². The fourth-order valence-electron chi connectivity index (χ4n) is 2.87. The molecule has 1 saturated heterocycles. The molecular formula is C16H27N3. The van der Waals surface area contributed by atoms with E-state index in [1.165, 1.54) is 25.1 Å². The zero-order chi connectivity index (χ0) is 13.7. The average molecular weight is 261 g/mol. The molecular weight excluding hydrogens is 234 g/mol. The third-order valence-electron chi connectivity index (χ3n) is 3.97. The molecule has 3 nitrogen and oxygen atoms in total. The second-order valence-electron chi connectivity index (χ2n) is 6.06. The highest BCUT2D eigenvalue weighted by Gasteiger charge is 2.31. The van der Waals surface area contributed by atoms with Crippen LogP contribution in [0.1, 0.15) is 18.9 Å². The monoisotopic (exact) mass is 261 g/mol. The zero-order valence-corrected chi connectivity index (χ0v) is 12.5. The van der Waals surface area contributed by atoms with E-state index in [0.717, 1.165) is 19.6 Å². The molecule has 19 heavy (non-hydrogen) atoms. The van der Waals surface area contributed by atoms with Gasteiger partial charge in [-0.05, 0) is 46.1 Å². The summed E-state index contributed by atoms with van der Waals surface area (Å²) in [6.45, 7) is 8.03. The van der Waals surface area contributed by atoms with Gasteiger partial charge < -0.3 is 10.2 Å². The zero-order valence-electron chi connectivity index (χ0n) is 12.5. The first-order valence-electron chi connectivity index (χ1n) is 7.28. The maximum atomic E-state index is 3.69. The summed E-state index contributed by atoms with van der Waals surface area (Å²) in [7, 11) is 4.29. The lowest BCUT2D eigenvalue weighted by atomic mass is 9.89. The fourth-order valence-corrected chi connectivity index (χ4v) is 2.87. The van der Waals surface area contributed by atoms with E-state index in [-0.39, 0.29) is 5.54 Å². The summed E-state index contributed by atoms with van der Waals surface area (Å²) in [5.41, 5.74) is 1.49. The van der Waals surface area contributed by atoms with E-state index in [4.69, 9.17) is 0 Å². The number of piperazine rings is 1. The van der Waals surface area contributed by atoms with Crippen molar-refractivity contribution in [1.82, 2.24) is 15.1 Å². The van der Waals surface area contributed by atoms with Crippen LogP contribution in [0.15, 0.2) is 30.3 Å². The molecule has 1 aromatic rings. The number of rotatable bonds is 5. The molecule has 0 bridgehead atoms. The highest BCUT2D eigenvalue weighted by atomic mass is 15.2. The molecule has 1 aliphatic rings. The van der Waals surface area contributed by atoms with Crippen molar-refractivity contribution in [2.24, 2.45) is 0 Å². The van der Waals surface area contributed by atoms with Gasteiger partial charge in [0.05, 0.1) is 5.54 Å². The Labute approximate surface area is 117 Å². The van der Waals surface area contributed by atoms with Crippen LogP contribution in [0, 0.1) is 0 Å². The van der Waals surface area contributed by atoms with Gasteiger partial charge in [0, 0.05) is 19.6 Å². The molecule has 106 valence electrons. The van der Waals surface area contributed by atoms with Crippen molar-refractivity contribution in [3.8, 4) is 0 Å². The molecule has 0 amide bonds. The fraction of sp³-hybridized carbons (Fsp3) is 0.625. The van der Waals surface area contributed by atoms with Gasteiger partial charge >= 0.3 is 0 Å².